The van der Waals surface area contributed by atoms with Gasteiger partial charge in [0, 0.05) is 67.0 Å². The van der Waals surface area contributed by atoms with Gasteiger partial charge in [-0.05, 0) is 89.0 Å². The second-order valence-electron chi connectivity index (χ2n) is 14.1. The summed E-state index contributed by atoms with van der Waals surface area (Å²) < 4.78 is 14.2. The monoisotopic (exact) mass is 479 g/mol. The molecule has 0 amide bonds. The molecule has 0 spiro atoms. The van der Waals surface area contributed by atoms with Crippen molar-refractivity contribution in [2.75, 3.05) is 39.4 Å². The highest BCUT2D eigenvalue weighted by Gasteiger charge is 2.44. The van der Waals surface area contributed by atoms with Crippen molar-refractivity contribution in [1.29, 1.82) is 5.26 Å². The molecule has 0 aliphatic carbocycles. The molecule has 1 unspecified atom stereocenters. The van der Waals surface area contributed by atoms with E-state index in [0.717, 1.165) is 45.6 Å². The lowest BCUT2D eigenvalue weighted by atomic mass is 9.83. The highest BCUT2D eigenvalue weighted by Crippen LogP contribution is 2.36. The average molecular weight is 480 g/mol. The molecule has 0 radical (unpaired) electrons. The summed E-state index contributed by atoms with van der Waals surface area (Å²) in [5.41, 5.74) is 0.106. The Morgan fingerprint density at radius 1 is 0.735 bits per heavy atom. The molecule has 0 aromatic carbocycles. The zero-order chi connectivity index (χ0) is 26.1. The Hall–Kier alpha value is -0.740. The van der Waals surface area contributed by atoms with Crippen LogP contribution in [0.4, 0.5) is 4.39 Å². The molecular formula is C28H54FN5. The summed E-state index contributed by atoms with van der Waals surface area (Å²) in [6.45, 7) is 29.5. The Morgan fingerprint density at radius 2 is 1.29 bits per heavy atom. The van der Waals surface area contributed by atoms with E-state index in [4.69, 9.17) is 0 Å². The molecule has 34 heavy (non-hydrogen) atoms. The Morgan fingerprint density at radius 3 is 1.76 bits per heavy atom. The molecule has 2 fully saturated rings. The molecule has 2 saturated heterocycles. The Kier molecular flexibility index (Phi) is 9.29. The van der Waals surface area contributed by atoms with E-state index in [0.29, 0.717) is 12.5 Å². The fourth-order valence-corrected chi connectivity index (χ4v) is 6.28. The number of hydrogen-bond donors (Lipinski definition) is 0. The standard InChI is InChI=1S/C28H54FN5/c1-22-19-34(26(5,6)7)23(12-15-30)21-33(22)28(10,11)14-13-27(8,9)32-17-16-31(25(2,3)4)20-24(32)18-29/h22-24H,12-14,16-21H2,1-11H3/t22?,23-,24-/m0/s1. The summed E-state index contributed by atoms with van der Waals surface area (Å²) in [4.78, 5) is 10.0. The summed E-state index contributed by atoms with van der Waals surface area (Å²) in [5, 5.41) is 9.49. The predicted molar refractivity (Wildman–Crippen MR) is 142 cm³/mol. The molecule has 0 saturated carbocycles. The fraction of sp³-hybridized carbons (Fsp3) is 0.964. The van der Waals surface area contributed by atoms with Crippen LogP contribution in [0.15, 0.2) is 0 Å². The van der Waals surface area contributed by atoms with E-state index < -0.39 is 0 Å². The van der Waals surface area contributed by atoms with Crippen LogP contribution in [0.2, 0.25) is 0 Å². The molecule has 2 rings (SSSR count). The van der Waals surface area contributed by atoms with Gasteiger partial charge in [0.15, 0.2) is 0 Å². The van der Waals surface area contributed by atoms with E-state index in [1.54, 1.807) is 0 Å². The van der Waals surface area contributed by atoms with Gasteiger partial charge in [-0.25, -0.2) is 4.39 Å². The van der Waals surface area contributed by atoms with Crippen LogP contribution in [0.5, 0.6) is 0 Å². The van der Waals surface area contributed by atoms with Crippen LogP contribution in [0, 0.1) is 11.3 Å². The summed E-state index contributed by atoms with van der Waals surface area (Å²) in [6, 6.07) is 3.09. The third-order valence-corrected chi connectivity index (χ3v) is 8.54. The van der Waals surface area contributed by atoms with Crippen molar-refractivity contribution >= 4 is 0 Å². The third kappa shape index (κ3) is 6.93. The first-order valence-corrected chi connectivity index (χ1v) is 13.4. The zero-order valence-corrected chi connectivity index (χ0v) is 24.2. The molecule has 2 heterocycles. The van der Waals surface area contributed by atoms with Crippen molar-refractivity contribution in [2.24, 2.45) is 0 Å². The van der Waals surface area contributed by atoms with Crippen LogP contribution < -0.4 is 0 Å². The van der Waals surface area contributed by atoms with E-state index in [-0.39, 0.29) is 40.9 Å². The first-order valence-electron chi connectivity index (χ1n) is 13.4. The number of hydrogen-bond acceptors (Lipinski definition) is 5. The number of nitrogens with zero attached hydrogens (tertiary/aromatic N) is 5. The van der Waals surface area contributed by atoms with Gasteiger partial charge in [-0.3, -0.25) is 19.6 Å². The normalized spacial score (nSPS) is 27.7. The van der Waals surface area contributed by atoms with Gasteiger partial charge in [-0.2, -0.15) is 5.26 Å². The minimum atomic E-state index is -0.291. The Bertz CT molecular complexity index is 699. The van der Waals surface area contributed by atoms with E-state index in [1.165, 1.54) is 0 Å². The lowest BCUT2D eigenvalue weighted by molar-refractivity contribution is -0.0687. The van der Waals surface area contributed by atoms with Gasteiger partial charge >= 0.3 is 0 Å². The minimum Gasteiger partial charge on any atom is -0.296 e. The van der Waals surface area contributed by atoms with Crippen molar-refractivity contribution in [3.63, 3.8) is 0 Å². The summed E-state index contributed by atoms with van der Waals surface area (Å²) in [6.07, 6.45) is 2.65. The molecule has 6 heteroatoms. The quantitative estimate of drug-likeness (QED) is 0.504. The predicted octanol–water partition coefficient (Wildman–Crippen LogP) is 5.16. The molecule has 0 N–H and O–H groups in total. The van der Waals surface area contributed by atoms with Crippen LogP contribution in [-0.4, -0.2) is 99.3 Å². The molecular weight excluding hydrogens is 425 g/mol. The Balaban J connectivity index is 2.10. The molecule has 2 aliphatic heterocycles. The van der Waals surface area contributed by atoms with E-state index in [1.807, 2.05) is 0 Å². The van der Waals surface area contributed by atoms with Crippen LogP contribution in [0.25, 0.3) is 0 Å². The molecule has 0 aromatic heterocycles. The topological polar surface area (TPSA) is 36.8 Å². The summed E-state index contributed by atoms with van der Waals surface area (Å²) in [5.74, 6) is 0. The molecule has 3 atom stereocenters. The van der Waals surface area contributed by atoms with Crippen LogP contribution in [0.3, 0.4) is 0 Å². The summed E-state index contributed by atoms with van der Waals surface area (Å²) >= 11 is 0. The lowest BCUT2D eigenvalue weighted by Crippen LogP contribution is -2.66. The lowest BCUT2D eigenvalue weighted by Gasteiger charge is -2.56. The van der Waals surface area contributed by atoms with Crippen molar-refractivity contribution in [3.8, 4) is 6.07 Å². The second-order valence-corrected chi connectivity index (χ2v) is 14.1. The van der Waals surface area contributed by atoms with Gasteiger partial charge in [0.2, 0.25) is 0 Å². The number of nitriles is 1. The minimum absolute atomic E-state index is 0.0206. The van der Waals surface area contributed by atoms with Gasteiger partial charge < -0.3 is 0 Å². The number of alkyl halides is 1. The van der Waals surface area contributed by atoms with Crippen molar-refractivity contribution in [2.45, 2.75) is 136 Å². The third-order valence-electron chi connectivity index (χ3n) is 8.54. The molecule has 0 bridgehead atoms. The molecule has 5 nitrogen and oxygen atoms in total. The number of halogens is 1. The first kappa shape index (κ1) is 29.5. The zero-order valence-electron chi connectivity index (χ0n) is 24.2. The first-order chi connectivity index (χ1) is 15.4. The van der Waals surface area contributed by atoms with E-state index in [9.17, 15) is 9.65 Å². The summed E-state index contributed by atoms with van der Waals surface area (Å²) in [7, 11) is 0. The highest BCUT2D eigenvalue weighted by molar-refractivity contribution is 5.01. The Labute approximate surface area is 210 Å². The SMILES string of the molecule is CC1CN(C(C)(C)C)[C@@H](CC#N)CN1C(C)(C)CCC(C)(C)N1CCN(C(C)(C)C)C[C@@H]1CF. The van der Waals surface area contributed by atoms with Crippen LogP contribution in [-0.2, 0) is 0 Å². The number of rotatable bonds is 7. The maximum absolute atomic E-state index is 14.2. The molecule has 2 aliphatic rings. The highest BCUT2D eigenvalue weighted by atomic mass is 19.1. The number of piperazine rings is 2. The van der Waals surface area contributed by atoms with Crippen LogP contribution in [0.1, 0.15) is 95.4 Å². The van der Waals surface area contributed by atoms with Crippen molar-refractivity contribution < 1.29 is 4.39 Å². The van der Waals surface area contributed by atoms with E-state index >= 15 is 0 Å². The van der Waals surface area contributed by atoms with Gasteiger partial charge in [0.05, 0.1) is 18.5 Å². The maximum atomic E-state index is 14.2. The largest absolute Gasteiger partial charge is 0.296 e. The molecule has 198 valence electrons. The van der Waals surface area contributed by atoms with Gasteiger partial charge in [-0.15, -0.1) is 0 Å². The average Bonchev–Trinajstić information content (AvgIpc) is 2.71. The van der Waals surface area contributed by atoms with Gasteiger partial charge in [0.25, 0.3) is 0 Å². The maximum Gasteiger partial charge on any atom is 0.106 e. The van der Waals surface area contributed by atoms with Crippen molar-refractivity contribution in [1.82, 2.24) is 19.6 Å². The van der Waals surface area contributed by atoms with Crippen molar-refractivity contribution in [3.05, 3.63) is 0 Å². The second kappa shape index (κ2) is 10.7. The van der Waals surface area contributed by atoms with Crippen LogP contribution >= 0.6 is 0 Å². The van der Waals surface area contributed by atoms with E-state index in [2.05, 4.69) is 102 Å². The molecule has 0 aromatic rings. The fourth-order valence-electron chi connectivity index (χ4n) is 6.28. The van der Waals surface area contributed by atoms with Gasteiger partial charge in [0.1, 0.15) is 6.67 Å². The smallest absolute Gasteiger partial charge is 0.106 e. The van der Waals surface area contributed by atoms with Gasteiger partial charge in [-0.1, -0.05) is 0 Å².